The fourth-order valence-corrected chi connectivity index (χ4v) is 2.47. The summed E-state index contributed by atoms with van der Waals surface area (Å²) >= 11 is 11.1. The standard InChI is InChI=1S/C13H10ClFN2OS/c1-7-2-3-8(18-7)6-17-12-4-9(14)10(15)5-11(12)16-13(17)19/h2-5H,6H2,1H3,(H,16,19). The van der Waals surface area contributed by atoms with Crippen LogP contribution >= 0.6 is 23.8 Å². The van der Waals surface area contributed by atoms with Gasteiger partial charge in [-0.05, 0) is 37.3 Å². The number of H-pyrrole nitrogens is 1. The van der Waals surface area contributed by atoms with Crippen molar-refractivity contribution in [1.29, 1.82) is 0 Å². The lowest BCUT2D eigenvalue weighted by atomic mass is 10.3. The fourth-order valence-electron chi connectivity index (χ4n) is 2.03. The largest absolute Gasteiger partial charge is 0.464 e. The first-order valence-electron chi connectivity index (χ1n) is 5.67. The number of aromatic nitrogens is 2. The maximum absolute atomic E-state index is 13.4. The molecule has 3 aromatic rings. The Hall–Kier alpha value is -1.59. The normalized spacial score (nSPS) is 11.3. The number of furan rings is 1. The summed E-state index contributed by atoms with van der Waals surface area (Å²) in [7, 11) is 0. The summed E-state index contributed by atoms with van der Waals surface area (Å²) in [5, 5.41) is 0.0749. The van der Waals surface area contributed by atoms with E-state index in [1.54, 1.807) is 6.07 Å². The van der Waals surface area contributed by atoms with Gasteiger partial charge in [0.2, 0.25) is 0 Å². The van der Waals surface area contributed by atoms with Gasteiger partial charge in [-0.3, -0.25) is 0 Å². The van der Waals surface area contributed by atoms with Crippen LogP contribution in [0.2, 0.25) is 5.02 Å². The summed E-state index contributed by atoms with van der Waals surface area (Å²) < 4.78 is 21.3. The molecule has 0 atom stereocenters. The Morgan fingerprint density at radius 1 is 1.42 bits per heavy atom. The summed E-state index contributed by atoms with van der Waals surface area (Å²) in [6.45, 7) is 2.36. The van der Waals surface area contributed by atoms with Gasteiger partial charge in [0.05, 0.1) is 22.6 Å². The molecule has 0 aliphatic heterocycles. The minimum absolute atomic E-state index is 0.0749. The highest BCUT2D eigenvalue weighted by Gasteiger charge is 2.10. The van der Waals surface area contributed by atoms with Gasteiger partial charge in [-0.1, -0.05) is 11.6 Å². The van der Waals surface area contributed by atoms with E-state index in [2.05, 4.69) is 4.98 Å². The van der Waals surface area contributed by atoms with Crippen LogP contribution < -0.4 is 0 Å². The quantitative estimate of drug-likeness (QED) is 0.709. The van der Waals surface area contributed by atoms with Gasteiger partial charge >= 0.3 is 0 Å². The van der Waals surface area contributed by atoms with E-state index in [0.717, 1.165) is 17.0 Å². The minimum atomic E-state index is -0.466. The summed E-state index contributed by atoms with van der Waals surface area (Å²) in [5.74, 6) is 1.16. The number of aryl methyl sites for hydroxylation is 1. The average molecular weight is 297 g/mol. The molecule has 1 aromatic carbocycles. The lowest BCUT2D eigenvalue weighted by Gasteiger charge is -2.02. The first kappa shape index (κ1) is 12.4. The van der Waals surface area contributed by atoms with Crippen LogP contribution in [-0.4, -0.2) is 9.55 Å². The molecule has 0 radical (unpaired) electrons. The van der Waals surface area contributed by atoms with Crippen LogP contribution in [0.5, 0.6) is 0 Å². The number of hydrogen-bond acceptors (Lipinski definition) is 2. The van der Waals surface area contributed by atoms with Crippen molar-refractivity contribution in [3.8, 4) is 0 Å². The molecule has 2 heterocycles. The number of nitrogens with zero attached hydrogens (tertiary/aromatic N) is 1. The summed E-state index contributed by atoms with van der Waals surface area (Å²) in [6.07, 6.45) is 0. The molecule has 0 aliphatic rings. The highest BCUT2D eigenvalue weighted by molar-refractivity contribution is 7.71. The molecule has 0 fully saturated rings. The van der Waals surface area contributed by atoms with Crippen LogP contribution in [0.1, 0.15) is 11.5 Å². The molecule has 19 heavy (non-hydrogen) atoms. The van der Waals surface area contributed by atoms with Gasteiger partial charge in [-0.2, -0.15) is 0 Å². The van der Waals surface area contributed by atoms with Crippen molar-refractivity contribution >= 4 is 34.9 Å². The van der Waals surface area contributed by atoms with Gasteiger partial charge in [-0.25, -0.2) is 4.39 Å². The first-order valence-corrected chi connectivity index (χ1v) is 6.46. The van der Waals surface area contributed by atoms with Gasteiger partial charge in [0.25, 0.3) is 0 Å². The molecule has 6 heteroatoms. The summed E-state index contributed by atoms with van der Waals surface area (Å²) in [4.78, 5) is 2.96. The lowest BCUT2D eigenvalue weighted by molar-refractivity contribution is 0.471. The van der Waals surface area contributed by atoms with E-state index in [1.807, 2.05) is 23.6 Å². The number of rotatable bonds is 2. The molecular weight excluding hydrogens is 287 g/mol. The van der Waals surface area contributed by atoms with Gasteiger partial charge in [-0.15, -0.1) is 0 Å². The second kappa shape index (κ2) is 4.51. The third kappa shape index (κ3) is 2.19. The van der Waals surface area contributed by atoms with E-state index >= 15 is 0 Å². The number of imidazole rings is 1. The first-order chi connectivity index (χ1) is 9.04. The Bertz CT molecular complexity index is 818. The maximum atomic E-state index is 13.4. The van der Waals surface area contributed by atoms with Crippen LogP contribution in [0.25, 0.3) is 11.0 Å². The van der Waals surface area contributed by atoms with Crippen LogP contribution in [0.4, 0.5) is 4.39 Å². The Labute approximate surface area is 118 Å². The molecule has 3 rings (SSSR count). The number of benzene rings is 1. The summed E-state index contributed by atoms with van der Waals surface area (Å²) in [5.41, 5.74) is 1.38. The van der Waals surface area contributed by atoms with E-state index in [0.29, 0.717) is 16.8 Å². The van der Waals surface area contributed by atoms with Crippen LogP contribution in [0.15, 0.2) is 28.7 Å². The van der Waals surface area contributed by atoms with Crippen molar-refractivity contribution in [3.05, 3.63) is 51.4 Å². The van der Waals surface area contributed by atoms with Gasteiger partial charge in [0.15, 0.2) is 4.77 Å². The van der Waals surface area contributed by atoms with Crippen LogP contribution in [0.3, 0.4) is 0 Å². The Morgan fingerprint density at radius 2 is 2.21 bits per heavy atom. The van der Waals surface area contributed by atoms with Crippen molar-refractivity contribution in [3.63, 3.8) is 0 Å². The van der Waals surface area contributed by atoms with Crippen molar-refractivity contribution in [2.24, 2.45) is 0 Å². The van der Waals surface area contributed by atoms with Crippen LogP contribution in [-0.2, 0) is 6.54 Å². The number of hydrogen-bond donors (Lipinski definition) is 1. The number of aromatic amines is 1. The smallest absolute Gasteiger partial charge is 0.178 e. The number of halogens is 2. The van der Waals surface area contributed by atoms with Crippen LogP contribution in [0, 0.1) is 17.5 Å². The molecule has 98 valence electrons. The molecule has 1 N–H and O–H groups in total. The highest BCUT2D eigenvalue weighted by atomic mass is 35.5. The lowest BCUT2D eigenvalue weighted by Crippen LogP contribution is -1.98. The molecule has 0 bridgehead atoms. The molecule has 0 aliphatic carbocycles. The SMILES string of the molecule is Cc1ccc(Cn2c(=S)[nH]c3cc(F)c(Cl)cc32)o1. The van der Waals surface area contributed by atoms with Crippen molar-refractivity contribution < 1.29 is 8.81 Å². The molecule has 2 aromatic heterocycles. The maximum Gasteiger partial charge on any atom is 0.178 e. The zero-order valence-corrected chi connectivity index (χ0v) is 11.6. The molecule has 0 amide bonds. The second-order valence-corrected chi connectivity index (χ2v) is 5.11. The number of fused-ring (bicyclic) bond motifs is 1. The van der Waals surface area contributed by atoms with Crippen molar-refractivity contribution in [2.45, 2.75) is 13.5 Å². The average Bonchev–Trinajstić information content (AvgIpc) is 2.87. The van der Waals surface area contributed by atoms with E-state index in [1.165, 1.54) is 6.07 Å². The topological polar surface area (TPSA) is 33.9 Å². The molecule has 3 nitrogen and oxygen atoms in total. The molecule has 0 unspecified atom stereocenters. The molecule has 0 saturated carbocycles. The zero-order chi connectivity index (χ0) is 13.6. The Kier molecular flexibility index (Phi) is 2.95. The van der Waals surface area contributed by atoms with Gasteiger partial charge in [0.1, 0.15) is 17.3 Å². The number of nitrogens with one attached hydrogen (secondary N) is 1. The Morgan fingerprint density at radius 3 is 2.89 bits per heavy atom. The molecule has 0 spiro atoms. The van der Waals surface area contributed by atoms with Crippen molar-refractivity contribution in [1.82, 2.24) is 9.55 Å². The second-order valence-electron chi connectivity index (χ2n) is 4.31. The predicted molar refractivity (Wildman–Crippen MR) is 74.6 cm³/mol. The van der Waals surface area contributed by atoms with E-state index in [9.17, 15) is 4.39 Å². The highest BCUT2D eigenvalue weighted by Crippen LogP contribution is 2.23. The predicted octanol–water partition coefficient (Wildman–Crippen LogP) is 4.44. The van der Waals surface area contributed by atoms with E-state index in [4.69, 9.17) is 28.2 Å². The molecular formula is C13H10ClFN2OS. The minimum Gasteiger partial charge on any atom is -0.464 e. The monoisotopic (exact) mass is 296 g/mol. The van der Waals surface area contributed by atoms with Gasteiger partial charge < -0.3 is 14.0 Å². The van der Waals surface area contributed by atoms with Gasteiger partial charge in [0, 0.05) is 6.07 Å². The summed E-state index contributed by atoms with van der Waals surface area (Å²) in [6, 6.07) is 6.69. The van der Waals surface area contributed by atoms with E-state index < -0.39 is 5.82 Å². The Balaban J connectivity index is 2.15. The van der Waals surface area contributed by atoms with Crippen molar-refractivity contribution in [2.75, 3.05) is 0 Å². The zero-order valence-electron chi connectivity index (χ0n) is 10.0. The third-order valence-corrected chi connectivity index (χ3v) is 3.54. The fraction of sp³-hybridized carbons (Fsp3) is 0.154. The van der Waals surface area contributed by atoms with E-state index in [-0.39, 0.29) is 5.02 Å². The third-order valence-electron chi connectivity index (χ3n) is 2.93. The molecule has 0 saturated heterocycles.